The molecule has 0 aliphatic rings. The highest BCUT2D eigenvalue weighted by Gasteiger charge is 2.13. The van der Waals surface area contributed by atoms with Crippen molar-refractivity contribution >= 4 is 5.96 Å². The van der Waals surface area contributed by atoms with Crippen LogP contribution in [0.25, 0.3) is 0 Å². The summed E-state index contributed by atoms with van der Waals surface area (Å²) in [5, 5.41) is 0. The molecule has 0 heterocycles. The van der Waals surface area contributed by atoms with Crippen molar-refractivity contribution in [3.05, 3.63) is 76.4 Å². The van der Waals surface area contributed by atoms with E-state index in [9.17, 15) is 0 Å². The summed E-state index contributed by atoms with van der Waals surface area (Å²) in [6, 6.07) is 9.06. The van der Waals surface area contributed by atoms with Gasteiger partial charge in [0.1, 0.15) is 5.75 Å². The number of aliphatic imine (C=N–C) groups is 1. The molecule has 4 heteroatoms. The van der Waals surface area contributed by atoms with E-state index >= 15 is 0 Å². The molecule has 0 radical (unpaired) electrons. The van der Waals surface area contributed by atoms with Crippen LogP contribution in [0.15, 0.2) is 42.4 Å². The monoisotopic (exact) mass is 409 g/mol. The van der Waals surface area contributed by atoms with Crippen LogP contribution in [0.1, 0.15) is 58.7 Å². The van der Waals surface area contributed by atoms with E-state index in [1.54, 1.807) is 0 Å². The van der Waals surface area contributed by atoms with Gasteiger partial charge in [-0.05, 0) is 74.8 Å². The second-order valence-corrected chi connectivity index (χ2v) is 7.67. The van der Waals surface area contributed by atoms with E-state index in [-0.39, 0.29) is 5.96 Å². The fourth-order valence-corrected chi connectivity index (χ4v) is 3.62. The van der Waals surface area contributed by atoms with Crippen molar-refractivity contribution in [2.24, 2.45) is 16.5 Å². The van der Waals surface area contributed by atoms with Crippen LogP contribution in [0.4, 0.5) is 0 Å². The SMILES string of the molecule is C=C.CCc1cc(C)cc(Cc2cc(C)cc(C)c2C)c1OCCCCN=C(N)N. The number of nitrogens with zero attached hydrogens (tertiary/aromatic N) is 1. The third-order valence-electron chi connectivity index (χ3n) is 5.16. The highest BCUT2D eigenvalue weighted by molar-refractivity contribution is 5.75. The summed E-state index contributed by atoms with van der Waals surface area (Å²) >= 11 is 0. The predicted octanol–water partition coefficient (Wildman–Crippen LogP) is 5.31. The van der Waals surface area contributed by atoms with Gasteiger partial charge in [0.15, 0.2) is 5.96 Å². The molecule has 0 saturated carbocycles. The van der Waals surface area contributed by atoms with E-state index in [2.05, 4.69) is 77.0 Å². The van der Waals surface area contributed by atoms with Crippen molar-refractivity contribution in [3.63, 3.8) is 0 Å². The van der Waals surface area contributed by atoms with Gasteiger partial charge in [0.05, 0.1) is 6.61 Å². The van der Waals surface area contributed by atoms with Crippen LogP contribution in [0.5, 0.6) is 5.75 Å². The predicted molar refractivity (Wildman–Crippen MR) is 131 cm³/mol. The topological polar surface area (TPSA) is 73.6 Å². The molecule has 0 amide bonds. The lowest BCUT2D eigenvalue weighted by atomic mass is 9.92. The Hall–Kier alpha value is -2.75. The first-order chi connectivity index (χ1) is 14.3. The van der Waals surface area contributed by atoms with Crippen molar-refractivity contribution < 1.29 is 4.74 Å². The number of benzene rings is 2. The number of aryl methyl sites for hydroxylation is 4. The molecule has 0 saturated heterocycles. The summed E-state index contributed by atoms with van der Waals surface area (Å²) < 4.78 is 6.28. The third-order valence-corrected chi connectivity index (χ3v) is 5.16. The van der Waals surface area contributed by atoms with Crippen LogP contribution in [-0.4, -0.2) is 19.1 Å². The molecular formula is C26H39N3O. The molecule has 0 unspecified atom stereocenters. The molecule has 2 aromatic carbocycles. The van der Waals surface area contributed by atoms with Gasteiger partial charge in [-0.1, -0.05) is 42.3 Å². The van der Waals surface area contributed by atoms with Gasteiger partial charge >= 0.3 is 0 Å². The maximum absolute atomic E-state index is 6.28. The zero-order valence-electron chi connectivity index (χ0n) is 19.5. The van der Waals surface area contributed by atoms with Crippen LogP contribution in [-0.2, 0) is 12.8 Å². The second-order valence-electron chi connectivity index (χ2n) is 7.67. The maximum Gasteiger partial charge on any atom is 0.185 e. The van der Waals surface area contributed by atoms with Gasteiger partial charge in [0.2, 0.25) is 0 Å². The Labute approximate surface area is 183 Å². The van der Waals surface area contributed by atoms with Crippen molar-refractivity contribution in [3.8, 4) is 5.75 Å². The summed E-state index contributed by atoms with van der Waals surface area (Å²) in [4.78, 5) is 4.03. The Kier molecular flexibility index (Phi) is 10.7. The Balaban J connectivity index is 0.00000218. The van der Waals surface area contributed by atoms with E-state index in [1.807, 2.05) is 0 Å². The fourth-order valence-electron chi connectivity index (χ4n) is 3.62. The van der Waals surface area contributed by atoms with Gasteiger partial charge in [-0.3, -0.25) is 4.99 Å². The molecule has 4 N–H and O–H groups in total. The van der Waals surface area contributed by atoms with Gasteiger partial charge in [0.25, 0.3) is 0 Å². The fraction of sp³-hybridized carbons (Fsp3) is 0.423. The van der Waals surface area contributed by atoms with Gasteiger partial charge < -0.3 is 16.2 Å². The standard InChI is InChI=1S/C24H35N3O.C2H4/c1-6-20-12-17(3)14-22(15-21-13-16(2)11-18(4)19(21)5)23(20)28-10-8-7-9-27-24(25)26;1-2/h11-14H,6-10,15H2,1-5H3,(H4,25,26,27);1-2H2. The van der Waals surface area contributed by atoms with E-state index in [4.69, 9.17) is 16.2 Å². The number of hydrogen-bond acceptors (Lipinski definition) is 2. The second kappa shape index (κ2) is 12.7. The Bertz CT molecular complexity index is 852. The Morgan fingerprint density at radius 2 is 1.50 bits per heavy atom. The van der Waals surface area contributed by atoms with Gasteiger partial charge in [-0.15, -0.1) is 13.2 Å². The quantitative estimate of drug-likeness (QED) is 0.255. The molecular weight excluding hydrogens is 370 g/mol. The minimum atomic E-state index is 0.152. The average Bonchev–Trinajstić information content (AvgIpc) is 2.70. The molecule has 0 bridgehead atoms. The number of unbranched alkanes of at least 4 members (excludes halogenated alkanes) is 1. The lowest BCUT2D eigenvalue weighted by molar-refractivity contribution is 0.302. The maximum atomic E-state index is 6.28. The van der Waals surface area contributed by atoms with Crippen molar-refractivity contribution in [2.45, 2.75) is 60.3 Å². The molecule has 0 aromatic heterocycles. The van der Waals surface area contributed by atoms with Gasteiger partial charge in [0, 0.05) is 13.0 Å². The van der Waals surface area contributed by atoms with Crippen molar-refractivity contribution in [1.29, 1.82) is 0 Å². The van der Waals surface area contributed by atoms with Crippen LogP contribution < -0.4 is 16.2 Å². The van der Waals surface area contributed by atoms with Crippen LogP contribution >= 0.6 is 0 Å². The highest BCUT2D eigenvalue weighted by atomic mass is 16.5. The molecule has 164 valence electrons. The first-order valence-electron chi connectivity index (χ1n) is 10.7. The normalized spacial score (nSPS) is 10.2. The number of hydrogen-bond donors (Lipinski definition) is 2. The molecule has 0 aliphatic heterocycles. The molecule has 4 nitrogen and oxygen atoms in total. The largest absolute Gasteiger partial charge is 0.493 e. The van der Waals surface area contributed by atoms with E-state index in [1.165, 1.54) is 38.9 Å². The minimum absolute atomic E-state index is 0.152. The highest BCUT2D eigenvalue weighted by Crippen LogP contribution is 2.30. The smallest absolute Gasteiger partial charge is 0.185 e. The van der Waals surface area contributed by atoms with Crippen molar-refractivity contribution in [2.75, 3.05) is 13.2 Å². The van der Waals surface area contributed by atoms with Crippen LogP contribution in [0, 0.1) is 27.7 Å². The zero-order chi connectivity index (χ0) is 22.7. The van der Waals surface area contributed by atoms with Gasteiger partial charge in [-0.25, -0.2) is 0 Å². The first kappa shape index (κ1) is 25.3. The lowest BCUT2D eigenvalue weighted by Gasteiger charge is -2.18. The number of rotatable bonds is 9. The van der Waals surface area contributed by atoms with E-state index in [0.717, 1.165) is 31.4 Å². The van der Waals surface area contributed by atoms with Crippen LogP contribution in [0.2, 0.25) is 0 Å². The van der Waals surface area contributed by atoms with Gasteiger partial charge in [-0.2, -0.15) is 0 Å². The summed E-state index contributed by atoms with van der Waals surface area (Å²) in [6.45, 7) is 18.2. The molecule has 0 fully saturated rings. The molecule has 0 atom stereocenters. The van der Waals surface area contributed by atoms with Crippen molar-refractivity contribution in [1.82, 2.24) is 0 Å². The molecule has 0 spiro atoms. The molecule has 2 aromatic rings. The lowest BCUT2D eigenvalue weighted by Crippen LogP contribution is -2.23. The first-order valence-corrected chi connectivity index (χ1v) is 10.7. The molecule has 2 rings (SSSR count). The molecule has 0 aliphatic carbocycles. The summed E-state index contributed by atoms with van der Waals surface area (Å²) in [5.41, 5.74) is 20.0. The van der Waals surface area contributed by atoms with E-state index < -0.39 is 0 Å². The minimum Gasteiger partial charge on any atom is -0.493 e. The Morgan fingerprint density at radius 1 is 0.900 bits per heavy atom. The molecule has 30 heavy (non-hydrogen) atoms. The summed E-state index contributed by atoms with van der Waals surface area (Å²) in [6.07, 6.45) is 3.70. The number of nitrogens with two attached hydrogens (primary N) is 2. The van der Waals surface area contributed by atoms with Crippen LogP contribution in [0.3, 0.4) is 0 Å². The summed E-state index contributed by atoms with van der Waals surface area (Å²) in [7, 11) is 0. The zero-order valence-corrected chi connectivity index (χ0v) is 19.5. The Morgan fingerprint density at radius 3 is 2.13 bits per heavy atom. The average molecular weight is 410 g/mol. The summed E-state index contributed by atoms with van der Waals surface area (Å²) in [5.74, 6) is 1.20. The third kappa shape index (κ3) is 7.58. The van der Waals surface area contributed by atoms with E-state index in [0.29, 0.717) is 13.2 Å². The number of ether oxygens (including phenoxy) is 1. The number of guanidine groups is 1.